The lowest BCUT2D eigenvalue weighted by molar-refractivity contribution is -0.120. The number of aryl methyl sites for hydroxylation is 2. The molecule has 0 aliphatic carbocycles. The van der Waals surface area contributed by atoms with Crippen molar-refractivity contribution in [3.63, 3.8) is 0 Å². The molecule has 214 valence electrons. The Bertz CT molecular complexity index is 1450. The van der Waals surface area contributed by atoms with E-state index in [-0.39, 0.29) is 25.5 Å². The minimum atomic E-state index is -1.22. The number of hydrogen-bond acceptors (Lipinski definition) is 6. The molecule has 9 heteroatoms. The van der Waals surface area contributed by atoms with Gasteiger partial charge < -0.3 is 19.7 Å². The minimum Gasteiger partial charge on any atom is -0.444 e. The fourth-order valence-corrected chi connectivity index (χ4v) is 4.55. The average Bonchev–Trinajstić information content (AvgIpc) is 3.02. The van der Waals surface area contributed by atoms with Gasteiger partial charge in [-0.2, -0.15) is 0 Å². The van der Waals surface area contributed by atoms with Crippen molar-refractivity contribution >= 4 is 35.3 Å². The van der Waals surface area contributed by atoms with E-state index in [9.17, 15) is 19.2 Å². The molecule has 1 atom stereocenters. The van der Waals surface area contributed by atoms with Gasteiger partial charge in [-0.15, -0.1) is 0 Å². The van der Waals surface area contributed by atoms with Crippen LogP contribution in [0.3, 0.4) is 0 Å². The Labute approximate surface area is 240 Å². The molecule has 3 aromatic rings. The highest BCUT2D eigenvalue weighted by molar-refractivity contribution is 6.12. The fourth-order valence-electron chi connectivity index (χ4n) is 4.55. The molecule has 0 bridgehead atoms. The normalized spacial score (nSPS) is 15.0. The number of fused-ring (bicyclic) bond motifs is 1. The van der Waals surface area contributed by atoms with E-state index >= 15 is 0 Å². The number of ether oxygens (including phenoxy) is 2. The van der Waals surface area contributed by atoms with Crippen LogP contribution in [0.4, 0.5) is 21.0 Å². The zero-order valence-electron chi connectivity index (χ0n) is 24.0. The number of alkyl carbamates (subject to hydrolysis) is 1. The molecule has 9 nitrogen and oxygen atoms in total. The van der Waals surface area contributed by atoms with Gasteiger partial charge in [0.1, 0.15) is 18.2 Å². The maximum atomic E-state index is 14.0. The Morgan fingerprint density at radius 3 is 2.29 bits per heavy atom. The number of nitrogens with zero attached hydrogens (tertiary/aromatic N) is 2. The van der Waals surface area contributed by atoms with Crippen molar-refractivity contribution in [2.75, 3.05) is 22.9 Å². The van der Waals surface area contributed by atoms with Crippen LogP contribution in [-0.2, 0) is 20.9 Å². The van der Waals surface area contributed by atoms with Crippen LogP contribution in [0.5, 0.6) is 0 Å². The van der Waals surface area contributed by atoms with Crippen LogP contribution < -0.4 is 15.1 Å². The third-order valence-electron chi connectivity index (χ3n) is 6.51. The van der Waals surface area contributed by atoms with Crippen molar-refractivity contribution < 1.29 is 28.7 Å². The quantitative estimate of drug-likeness (QED) is 0.398. The highest BCUT2D eigenvalue weighted by Gasteiger charge is 2.39. The van der Waals surface area contributed by atoms with Crippen LogP contribution in [0, 0.1) is 13.8 Å². The molecule has 0 radical (unpaired) electrons. The van der Waals surface area contributed by atoms with E-state index in [0.29, 0.717) is 16.9 Å². The summed E-state index contributed by atoms with van der Waals surface area (Å²) in [5.74, 6) is -0.831. The molecular weight excluding hydrogens is 522 g/mol. The number of nitrogens with one attached hydrogen (secondary N) is 1. The summed E-state index contributed by atoms with van der Waals surface area (Å²) in [7, 11) is 0. The number of Topliss-reactive ketones (excluding diaryl/α,β-unsaturated/α-hetero) is 1. The summed E-state index contributed by atoms with van der Waals surface area (Å²) in [5, 5.41) is 2.61. The molecule has 41 heavy (non-hydrogen) atoms. The van der Waals surface area contributed by atoms with Gasteiger partial charge in [0.05, 0.1) is 24.5 Å². The van der Waals surface area contributed by atoms with Crippen molar-refractivity contribution in [2.24, 2.45) is 0 Å². The van der Waals surface area contributed by atoms with Crippen LogP contribution in [0.1, 0.15) is 47.8 Å². The van der Waals surface area contributed by atoms with Crippen molar-refractivity contribution in [3.8, 4) is 0 Å². The summed E-state index contributed by atoms with van der Waals surface area (Å²) in [4.78, 5) is 56.4. The first kappa shape index (κ1) is 29.3. The smallest absolute Gasteiger partial charge is 0.414 e. The third kappa shape index (κ3) is 7.30. The molecule has 1 unspecified atom stereocenters. The van der Waals surface area contributed by atoms with Gasteiger partial charge in [0.2, 0.25) is 0 Å². The van der Waals surface area contributed by atoms with Crippen molar-refractivity contribution in [1.82, 2.24) is 5.32 Å². The van der Waals surface area contributed by atoms with E-state index in [2.05, 4.69) is 5.32 Å². The first-order valence-electron chi connectivity index (χ1n) is 13.4. The van der Waals surface area contributed by atoms with Gasteiger partial charge in [0, 0.05) is 5.56 Å². The van der Waals surface area contributed by atoms with Crippen LogP contribution in [0.2, 0.25) is 0 Å². The van der Waals surface area contributed by atoms with Crippen LogP contribution in [0.25, 0.3) is 0 Å². The maximum absolute atomic E-state index is 14.0. The molecule has 1 aliphatic rings. The predicted octanol–water partition coefficient (Wildman–Crippen LogP) is 5.57. The van der Waals surface area contributed by atoms with Crippen LogP contribution in [-0.4, -0.2) is 48.6 Å². The second-order valence-corrected chi connectivity index (χ2v) is 11.0. The number of rotatable bonds is 6. The van der Waals surface area contributed by atoms with Crippen molar-refractivity contribution in [1.29, 1.82) is 0 Å². The lowest BCUT2D eigenvalue weighted by Gasteiger charge is -2.26. The molecule has 0 saturated carbocycles. The first-order valence-corrected chi connectivity index (χ1v) is 13.4. The van der Waals surface area contributed by atoms with E-state index in [0.717, 1.165) is 16.7 Å². The molecule has 3 aromatic carbocycles. The number of hydrogen-bond donors (Lipinski definition) is 1. The highest BCUT2D eigenvalue weighted by atomic mass is 16.6. The second-order valence-electron chi connectivity index (χ2n) is 11.0. The summed E-state index contributed by atoms with van der Waals surface area (Å²) >= 11 is 0. The summed E-state index contributed by atoms with van der Waals surface area (Å²) in [6.45, 7) is 8.31. The third-order valence-corrected chi connectivity index (χ3v) is 6.51. The van der Waals surface area contributed by atoms with E-state index in [1.807, 2.05) is 62.4 Å². The van der Waals surface area contributed by atoms with Gasteiger partial charge in [-0.3, -0.25) is 14.5 Å². The lowest BCUT2D eigenvalue weighted by atomic mass is 10.0. The van der Waals surface area contributed by atoms with Crippen molar-refractivity contribution in [2.45, 2.75) is 52.9 Å². The fraction of sp³-hybridized carbons (Fsp3) is 0.312. The molecule has 1 N–H and O–H groups in total. The molecular formula is C32H35N3O6. The Morgan fingerprint density at radius 1 is 0.927 bits per heavy atom. The van der Waals surface area contributed by atoms with Gasteiger partial charge in [0.25, 0.3) is 5.91 Å². The molecule has 0 saturated heterocycles. The molecule has 0 aromatic heterocycles. The number of anilines is 2. The number of carbonyl (C=O) groups excluding carboxylic acids is 4. The Morgan fingerprint density at radius 2 is 1.61 bits per heavy atom. The van der Waals surface area contributed by atoms with Gasteiger partial charge in [0.15, 0.2) is 5.78 Å². The molecule has 1 heterocycles. The maximum Gasteiger partial charge on any atom is 0.414 e. The van der Waals surface area contributed by atoms with Crippen LogP contribution >= 0.6 is 0 Å². The first-order chi connectivity index (χ1) is 19.4. The highest BCUT2D eigenvalue weighted by Crippen LogP contribution is 2.35. The monoisotopic (exact) mass is 557 g/mol. The number of ketones is 1. The lowest BCUT2D eigenvalue weighted by Crippen LogP contribution is -2.54. The predicted molar refractivity (Wildman–Crippen MR) is 156 cm³/mol. The number of carbonyl (C=O) groups is 4. The zero-order chi connectivity index (χ0) is 29.7. The van der Waals surface area contributed by atoms with Gasteiger partial charge in [-0.25, -0.2) is 9.59 Å². The minimum absolute atomic E-state index is 0.0188. The molecule has 0 fully saturated rings. The summed E-state index contributed by atoms with van der Waals surface area (Å²) < 4.78 is 11.0. The van der Waals surface area contributed by atoms with Gasteiger partial charge in [-0.1, -0.05) is 60.7 Å². The van der Waals surface area contributed by atoms with E-state index < -0.39 is 29.7 Å². The average molecular weight is 558 g/mol. The summed E-state index contributed by atoms with van der Waals surface area (Å²) in [5.41, 5.74) is 2.81. The molecule has 3 amide bonds. The summed E-state index contributed by atoms with van der Waals surface area (Å²) in [6.07, 6.45) is -1.52. The Kier molecular flexibility index (Phi) is 8.76. The second kappa shape index (κ2) is 12.2. The Balaban J connectivity index is 1.73. The molecule has 0 spiro atoms. The van der Waals surface area contributed by atoms with Crippen LogP contribution in [0.15, 0.2) is 72.8 Å². The van der Waals surface area contributed by atoms with Gasteiger partial charge in [-0.05, 0) is 63.4 Å². The largest absolute Gasteiger partial charge is 0.444 e. The molecule has 4 rings (SSSR count). The summed E-state index contributed by atoms with van der Waals surface area (Å²) in [6, 6.07) is 20.4. The SMILES string of the molecule is Cc1ccc2c(c1)N(CC(=O)c1ccccc1C)C(=O)C(NC(=O)OC(C)(C)C)CN2C(=O)OCc1ccccc1. The van der Waals surface area contributed by atoms with E-state index in [1.165, 1.54) is 9.80 Å². The van der Waals surface area contributed by atoms with Gasteiger partial charge >= 0.3 is 12.2 Å². The number of benzene rings is 3. The van der Waals surface area contributed by atoms with E-state index in [1.54, 1.807) is 45.0 Å². The molecule has 1 aliphatic heterocycles. The van der Waals surface area contributed by atoms with Crippen molar-refractivity contribution in [3.05, 3.63) is 95.1 Å². The number of amides is 3. The standard InChI is InChI=1S/C32H35N3O6/c1-21-15-16-26-27(17-21)34(19-28(36)24-14-10-9-11-22(24)2)29(37)25(33-30(38)41-32(3,4)5)18-35(26)31(39)40-20-23-12-7-6-8-13-23/h6-17,25H,18-20H2,1-5H3,(H,33,38). The zero-order valence-corrected chi connectivity index (χ0v) is 24.0. The topological polar surface area (TPSA) is 105 Å². The Hall–Kier alpha value is -4.66. The van der Waals surface area contributed by atoms with E-state index in [4.69, 9.17) is 9.47 Å².